The maximum Gasteiger partial charge on any atom is 0.271 e. The molecule has 28 heavy (non-hydrogen) atoms. The predicted octanol–water partition coefficient (Wildman–Crippen LogP) is 3.16. The SMILES string of the molecule is O=C(c1ccn[nH]1)N1CCC(N2C(=O)C3(CCCC3)C2c2ccccc2)CC1. The monoisotopic (exact) mass is 378 g/mol. The van der Waals surface area contributed by atoms with Crippen molar-refractivity contribution in [3.8, 4) is 0 Å². The van der Waals surface area contributed by atoms with Crippen molar-refractivity contribution in [2.24, 2.45) is 5.41 Å². The molecule has 1 aromatic heterocycles. The smallest absolute Gasteiger partial charge is 0.271 e. The van der Waals surface area contributed by atoms with Crippen LogP contribution >= 0.6 is 0 Å². The lowest BCUT2D eigenvalue weighted by molar-refractivity contribution is -0.180. The van der Waals surface area contributed by atoms with E-state index in [-0.39, 0.29) is 23.4 Å². The molecule has 0 radical (unpaired) electrons. The van der Waals surface area contributed by atoms with Gasteiger partial charge in [0.2, 0.25) is 5.91 Å². The summed E-state index contributed by atoms with van der Waals surface area (Å²) >= 11 is 0. The van der Waals surface area contributed by atoms with Crippen LogP contribution < -0.4 is 0 Å². The molecular formula is C22H26N4O2. The molecule has 6 nitrogen and oxygen atoms in total. The number of rotatable bonds is 3. The van der Waals surface area contributed by atoms with Crippen LogP contribution in [0, 0.1) is 5.41 Å². The fraction of sp³-hybridized carbons (Fsp3) is 0.500. The highest BCUT2D eigenvalue weighted by Gasteiger charge is 2.63. The van der Waals surface area contributed by atoms with E-state index in [1.807, 2.05) is 11.0 Å². The Hall–Kier alpha value is -2.63. The van der Waals surface area contributed by atoms with Gasteiger partial charge < -0.3 is 9.80 Å². The Morgan fingerprint density at radius 1 is 1.07 bits per heavy atom. The lowest BCUT2D eigenvalue weighted by atomic mass is 9.65. The molecule has 1 N–H and O–H groups in total. The number of carbonyl (C=O) groups excluding carboxylic acids is 2. The summed E-state index contributed by atoms with van der Waals surface area (Å²) in [7, 11) is 0. The van der Waals surface area contributed by atoms with Gasteiger partial charge in [-0.2, -0.15) is 5.10 Å². The lowest BCUT2D eigenvalue weighted by Gasteiger charge is -2.59. The Bertz CT molecular complexity index is 850. The Labute approximate surface area is 164 Å². The summed E-state index contributed by atoms with van der Waals surface area (Å²) in [5.41, 5.74) is 1.62. The molecule has 1 aromatic carbocycles. The molecule has 1 aliphatic carbocycles. The minimum absolute atomic E-state index is 0.00208. The molecule has 1 atom stereocenters. The Morgan fingerprint density at radius 3 is 2.43 bits per heavy atom. The molecule has 3 fully saturated rings. The number of likely N-dealkylation sites (tertiary alicyclic amines) is 2. The molecule has 2 aliphatic heterocycles. The highest BCUT2D eigenvalue weighted by molar-refractivity contribution is 5.93. The van der Waals surface area contributed by atoms with Crippen LogP contribution in [0.4, 0.5) is 0 Å². The van der Waals surface area contributed by atoms with Gasteiger partial charge in [-0.1, -0.05) is 43.2 Å². The molecule has 146 valence electrons. The maximum absolute atomic E-state index is 13.3. The molecular weight excluding hydrogens is 352 g/mol. The number of hydrogen-bond acceptors (Lipinski definition) is 3. The number of benzene rings is 1. The normalized spacial score (nSPS) is 24.6. The number of carbonyl (C=O) groups is 2. The van der Waals surface area contributed by atoms with Crippen LogP contribution in [0.15, 0.2) is 42.6 Å². The molecule has 3 heterocycles. The summed E-state index contributed by atoms with van der Waals surface area (Å²) < 4.78 is 0. The number of hydrogen-bond donors (Lipinski definition) is 1. The minimum Gasteiger partial charge on any atom is -0.337 e. The maximum atomic E-state index is 13.3. The zero-order valence-electron chi connectivity index (χ0n) is 16.0. The topological polar surface area (TPSA) is 69.3 Å². The van der Waals surface area contributed by atoms with E-state index < -0.39 is 0 Å². The third-order valence-corrected chi connectivity index (χ3v) is 6.95. The first-order valence-electron chi connectivity index (χ1n) is 10.4. The summed E-state index contributed by atoms with van der Waals surface area (Å²) in [5.74, 6) is 0.343. The van der Waals surface area contributed by atoms with Crippen LogP contribution in [0.1, 0.15) is 60.6 Å². The van der Waals surface area contributed by atoms with Gasteiger partial charge in [-0.3, -0.25) is 14.7 Å². The van der Waals surface area contributed by atoms with E-state index in [0.717, 1.165) is 38.5 Å². The van der Waals surface area contributed by atoms with Gasteiger partial charge in [0.25, 0.3) is 5.91 Å². The van der Waals surface area contributed by atoms with Crippen LogP contribution in [-0.4, -0.2) is 50.9 Å². The van der Waals surface area contributed by atoms with Crippen LogP contribution in [0.25, 0.3) is 0 Å². The van der Waals surface area contributed by atoms with E-state index in [1.54, 1.807) is 12.3 Å². The van der Waals surface area contributed by atoms with Gasteiger partial charge in [-0.05, 0) is 37.3 Å². The average molecular weight is 378 g/mol. The van der Waals surface area contributed by atoms with E-state index in [4.69, 9.17) is 0 Å². The summed E-state index contributed by atoms with van der Waals surface area (Å²) in [4.78, 5) is 29.9. The van der Waals surface area contributed by atoms with Crippen molar-refractivity contribution in [2.75, 3.05) is 13.1 Å². The number of aromatic amines is 1. The Morgan fingerprint density at radius 2 is 1.79 bits per heavy atom. The number of piperidine rings is 1. The van der Waals surface area contributed by atoms with E-state index in [0.29, 0.717) is 24.7 Å². The minimum atomic E-state index is -0.176. The molecule has 3 aliphatic rings. The number of aromatic nitrogens is 2. The fourth-order valence-corrected chi connectivity index (χ4v) is 5.57. The second-order valence-electron chi connectivity index (χ2n) is 8.38. The van der Waals surface area contributed by atoms with E-state index in [2.05, 4.69) is 39.4 Å². The van der Waals surface area contributed by atoms with Crippen molar-refractivity contribution in [3.63, 3.8) is 0 Å². The molecule has 6 heteroatoms. The van der Waals surface area contributed by atoms with Gasteiger partial charge in [0.15, 0.2) is 0 Å². The van der Waals surface area contributed by atoms with Gasteiger partial charge in [0.1, 0.15) is 5.69 Å². The van der Waals surface area contributed by atoms with Crippen LogP contribution in [0.2, 0.25) is 0 Å². The van der Waals surface area contributed by atoms with E-state index >= 15 is 0 Å². The summed E-state index contributed by atoms with van der Waals surface area (Å²) in [6, 6.07) is 12.6. The van der Waals surface area contributed by atoms with Gasteiger partial charge in [0.05, 0.1) is 11.5 Å². The average Bonchev–Trinajstić information content (AvgIpc) is 3.45. The van der Waals surface area contributed by atoms with Crippen molar-refractivity contribution in [3.05, 3.63) is 53.9 Å². The van der Waals surface area contributed by atoms with E-state index in [9.17, 15) is 9.59 Å². The number of amides is 2. The zero-order chi connectivity index (χ0) is 19.1. The van der Waals surface area contributed by atoms with Crippen molar-refractivity contribution in [2.45, 2.75) is 50.6 Å². The van der Waals surface area contributed by atoms with Crippen LogP contribution in [-0.2, 0) is 4.79 Å². The third-order valence-electron chi connectivity index (χ3n) is 6.95. The van der Waals surface area contributed by atoms with Crippen molar-refractivity contribution < 1.29 is 9.59 Å². The highest BCUT2D eigenvalue weighted by atomic mass is 16.2. The largest absolute Gasteiger partial charge is 0.337 e. The fourth-order valence-electron chi connectivity index (χ4n) is 5.57. The molecule has 0 bridgehead atoms. The Balaban J connectivity index is 1.33. The summed E-state index contributed by atoms with van der Waals surface area (Å²) in [5, 5.41) is 6.63. The predicted molar refractivity (Wildman–Crippen MR) is 104 cm³/mol. The molecule has 1 spiro atoms. The van der Waals surface area contributed by atoms with Gasteiger partial charge in [-0.25, -0.2) is 0 Å². The second kappa shape index (κ2) is 6.76. The first kappa shape index (κ1) is 17.5. The Kier molecular flexibility index (Phi) is 4.22. The molecule has 2 aromatic rings. The quantitative estimate of drug-likeness (QED) is 0.834. The summed E-state index contributed by atoms with van der Waals surface area (Å²) in [6.45, 7) is 1.36. The van der Waals surface area contributed by atoms with Crippen molar-refractivity contribution >= 4 is 11.8 Å². The van der Waals surface area contributed by atoms with Gasteiger partial charge in [0, 0.05) is 25.3 Å². The van der Waals surface area contributed by atoms with Crippen molar-refractivity contribution in [1.82, 2.24) is 20.0 Å². The van der Waals surface area contributed by atoms with Crippen molar-refractivity contribution in [1.29, 1.82) is 0 Å². The molecule has 1 unspecified atom stereocenters. The second-order valence-corrected chi connectivity index (χ2v) is 8.38. The molecule has 1 saturated carbocycles. The van der Waals surface area contributed by atoms with Gasteiger partial charge >= 0.3 is 0 Å². The van der Waals surface area contributed by atoms with Gasteiger partial charge in [-0.15, -0.1) is 0 Å². The molecule has 5 rings (SSSR count). The lowest BCUT2D eigenvalue weighted by Crippen LogP contribution is -2.66. The molecule has 2 saturated heterocycles. The number of H-pyrrole nitrogens is 1. The number of β-lactam (4-membered cyclic amide) rings is 1. The number of nitrogens with zero attached hydrogens (tertiary/aromatic N) is 3. The van der Waals surface area contributed by atoms with E-state index in [1.165, 1.54) is 5.56 Å². The number of nitrogens with one attached hydrogen (secondary N) is 1. The first-order valence-corrected chi connectivity index (χ1v) is 10.4. The van der Waals surface area contributed by atoms with Crippen LogP contribution in [0.3, 0.4) is 0 Å². The standard InChI is InChI=1S/C22H26N4O2/c27-20(18-8-13-23-24-18)25-14-9-17(10-15-25)26-19(16-6-2-1-3-7-16)22(21(26)28)11-4-5-12-22/h1-3,6-8,13,17,19H,4-5,9-12,14-15H2,(H,23,24). The third kappa shape index (κ3) is 2.58. The van der Waals surface area contributed by atoms with Crippen LogP contribution in [0.5, 0.6) is 0 Å². The zero-order valence-corrected chi connectivity index (χ0v) is 16.0. The first-order chi connectivity index (χ1) is 13.7. The highest BCUT2D eigenvalue weighted by Crippen LogP contribution is 2.60. The summed E-state index contributed by atoms with van der Waals surface area (Å²) in [6.07, 6.45) is 7.61. The molecule has 2 amide bonds.